The van der Waals surface area contributed by atoms with Crippen LogP contribution in [-0.2, 0) is 12.0 Å². The zero-order valence-corrected chi connectivity index (χ0v) is 16.2. The predicted molar refractivity (Wildman–Crippen MR) is 104 cm³/mol. The second-order valence-corrected chi connectivity index (χ2v) is 7.81. The average Bonchev–Trinajstić information content (AvgIpc) is 3.16. The molecule has 1 amide bonds. The van der Waals surface area contributed by atoms with Crippen molar-refractivity contribution >= 4 is 5.91 Å². The van der Waals surface area contributed by atoms with E-state index in [0.717, 1.165) is 44.3 Å². The molecule has 2 aliphatic heterocycles. The number of nitrogens with zero attached hydrogens (tertiary/aromatic N) is 3. The van der Waals surface area contributed by atoms with Crippen LogP contribution in [0.2, 0.25) is 0 Å². The van der Waals surface area contributed by atoms with Gasteiger partial charge < -0.3 is 15.0 Å². The van der Waals surface area contributed by atoms with Crippen molar-refractivity contribution < 1.29 is 9.90 Å². The van der Waals surface area contributed by atoms with Crippen LogP contribution < -0.4 is 0 Å². The summed E-state index contributed by atoms with van der Waals surface area (Å²) >= 11 is 0. The number of rotatable bonds is 3. The second kappa shape index (κ2) is 7.00. The fourth-order valence-electron chi connectivity index (χ4n) is 4.74. The van der Waals surface area contributed by atoms with E-state index in [-0.39, 0.29) is 17.2 Å². The van der Waals surface area contributed by atoms with Gasteiger partial charge in [-0.15, -0.1) is 0 Å². The summed E-state index contributed by atoms with van der Waals surface area (Å²) in [7, 11) is 0. The summed E-state index contributed by atoms with van der Waals surface area (Å²) in [4.78, 5) is 25.4. The normalized spacial score (nSPS) is 19.3. The van der Waals surface area contributed by atoms with Crippen molar-refractivity contribution in [2.75, 3.05) is 26.2 Å². The zero-order chi connectivity index (χ0) is 19.0. The van der Waals surface area contributed by atoms with E-state index in [2.05, 4.69) is 21.8 Å². The fourth-order valence-corrected chi connectivity index (χ4v) is 4.74. The number of hydrogen-bond donors (Lipinski definition) is 2. The highest BCUT2D eigenvalue weighted by Crippen LogP contribution is 2.42. The van der Waals surface area contributed by atoms with E-state index in [4.69, 9.17) is 0 Å². The number of aromatic hydroxyl groups is 1. The van der Waals surface area contributed by atoms with Gasteiger partial charge in [-0.25, -0.2) is 4.98 Å². The molecule has 1 aromatic carbocycles. The standard InChI is InChI=1S/C21H28N4O2/c1-3-9-25-10-6-17-19(23-14-22-17)21(25)7-11-24(12-8-21)20(27)16-13-15(2)4-5-18(16)26/h4-5,13-14,26H,3,6-12H2,1-2H3,(H,22,23). The van der Waals surface area contributed by atoms with E-state index in [1.165, 1.54) is 11.4 Å². The summed E-state index contributed by atoms with van der Waals surface area (Å²) in [5, 5.41) is 10.1. The number of nitrogens with one attached hydrogen (secondary N) is 1. The van der Waals surface area contributed by atoms with Crippen LogP contribution in [-0.4, -0.2) is 57.0 Å². The summed E-state index contributed by atoms with van der Waals surface area (Å²) in [6.45, 7) is 7.60. The van der Waals surface area contributed by atoms with E-state index in [1.807, 2.05) is 24.2 Å². The highest BCUT2D eigenvalue weighted by molar-refractivity contribution is 5.97. The molecule has 0 bridgehead atoms. The molecule has 0 aliphatic carbocycles. The van der Waals surface area contributed by atoms with Crippen molar-refractivity contribution in [2.24, 2.45) is 0 Å². The summed E-state index contributed by atoms with van der Waals surface area (Å²) < 4.78 is 0. The summed E-state index contributed by atoms with van der Waals surface area (Å²) in [5.41, 5.74) is 3.73. The number of imidazole rings is 1. The molecule has 4 rings (SSSR count). The highest BCUT2D eigenvalue weighted by Gasteiger charge is 2.46. The average molecular weight is 368 g/mol. The molecule has 3 heterocycles. The number of phenolic OH excluding ortho intramolecular Hbond substituents is 1. The Morgan fingerprint density at radius 1 is 1.30 bits per heavy atom. The van der Waals surface area contributed by atoms with Crippen molar-refractivity contribution in [2.45, 2.75) is 45.1 Å². The van der Waals surface area contributed by atoms with Crippen molar-refractivity contribution in [1.82, 2.24) is 19.8 Å². The van der Waals surface area contributed by atoms with Crippen LogP contribution in [0, 0.1) is 6.92 Å². The minimum absolute atomic E-state index is 0.0609. The van der Waals surface area contributed by atoms with Gasteiger partial charge in [-0.1, -0.05) is 18.6 Å². The van der Waals surface area contributed by atoms with Crippen molar-refractivity contribution in [3.8, 4) is 5.75 Å². The van der Waals surface area contributed by atoms with E-state index < -0.39 is 0 Å². The van der Waals surface area contributed by atoms with E-state index in [1.54, 1.807) is 12.1 Å². The third-order valence-corrected chi connectivity index (χ3v) is 6.15. The number of hydrogen-bond acceptors (Lipinski definition) is 4. The number of carbonyl (C=O) groups excluding carboxylic acids is 1. The molecule has 0 radical (unpaired) electrons. The number of benzene rings is 1. The first-order valence-corrected chi connectivity index (χ1v) is 9.92. The van der Waals surface area contributed by atoms with Gasteiger partial charge in [0.25, 0.3) is 5.91 Å². The maximum Gasteiger partial charge on any atom is 0.257 e. The number of aromatic nitrogens is 2. The SMILES string of the molecule is CCCN1CCc2[nH]cnc2C12CCN(C(=O)c1cc(C)ccc1O)CC2. The molecule has 6 nitrogen and oxygen atoms in total. The predicted octanol–water partition coefficient (Wildman–Crippen LogP) is 2.82. The number of aromatic amines is 1. The molecule has 27 heavy (non-hydrogen) atoms. The third-order valence-electron chi connectivity index (χ3n) is 6.15. The first kappa shape index (κ1) is 18.0. The minimum Gasteiger partial charge on any atom is -0.507 e. The quantitative estimate of drug-likeness (QED) is 0.874. The summed E-state index contributed by atoms with van der Waals surface area (Å²) in [6, 6.07) is 5.20. The number of H-pyrrole nitrogens is 1. The van der Waals surface area contributed by atoms with Crippen molar-refractivity contribution in [3.05, 3.63) is 47.0 Å². The number of aryl methyl sites for hydroxylation is 1. The van der Waals surface area contributed by atoms with Gasteiger partial charge in [0.05, 0.1) is 23.1 Å². The number of likely N-dealkylation sites (tertiary alicyclic amines) is 1. The smallest absolute Gasteiger partial charge is 0.257 e. The van der Waals surface area contributed by atoms with Crippen LogP contribution in [0.1, 0.15) is 53.5 Å². The largest absolute Gasteiger partial charge is 0.507 e. The van der Waals surface area contributed by atoms with Gasteiger partial charge >= 0.3 is 0 Å². The number of piperidine rings is 1. The molecule has 2 N–H and O–H groups in total. The molecule has 0 atom stereocenters. The molecular weight excluding hydrogens is 340 g/mol. The lowest BCUT2D eigenvalue weighted by atomic mass is 9.78. The Morgan fingerprint density at radius 3 is 2.81 bits per heavy atom. The molecule has 0 unspecified atom stereocenters. The van der Waals surface area contributed by atoms with Crippen LogP contribution in [0.3, 0.4) is 0 Å². The number of phenols is 1. The monoisotopic (exact) mass is 368 g/mol. The Morgan fingerprint density at radius 2 is 2.07 bits per heavy atom. The fraction of sp³-hybridized carbons (Fsp3) is 0.524. The van der Waals surface area contributed by atoms with Crippen LogP contribution in [0.5, 0.6) is 5.75 Å². The first-order valence-electron chi connectivity index (χ1n) is 9.92. The Balaban J connectivity index is 1.57. The van der Waals surface area contributed by atoms with Gasteiger partial charge in [-0.3, -0.25) is 9.69 Å². The summed E-state index contributed by atoms with van der Waals surface area (Å²) in [6.07, 6.45) is 5.69. The van der Waals surface area contributed by atoms with Crippen LogP contribution in [0.4, 0.5) is 0 Å². The van der Waals surface area contributed by atoms with Gasteiger partial charge in [0.2, 0.25) is 0 Å². The number of carbonyl (C=O) groups is 1. The second-order valence-electron chi connectivity index (χ2n) is 7.81. The molecule has 1 saturated heterocycles. The Labute approximate surface area is 160 Å². The molecule has 2 aliphatic rings. The summed E-state index contributed by atoms with van der Waals surface area (Å²) in [5.74, 6) is -0.0168. The molecular formula is C21H28N4O2. The first-order chi connectivity index (χ1) is 13.0. The highest BCUT2D eigenvalue weighted by atomic mass is 16.3. The van der Waals surface area contributed by atoms with Gasteiger partial charge in [0.1, 0.15) is 5.75 Å². The zero-order valence-electron chi connectivity index (χ0n) is 16.2. The minimum atomic E-state index is -0.0776. The van der Waals surface area contributed by atoms with Crippen LogP contribution in [0.25, 0.3) is 0 Å². The lowest BCUT2D eigenvalue weighted by Crippen LogP contribution is -2.57. The lowest BCUT2D eigenvalue weighted by molar-refractivity contribution is 0.00700. The number of fused-ring (bicyclic) bond motifs is 2. The maximum absolute atomic E-state index is 13.0. The Kier molecular flexibility index (Phi) is 4.68. The maximum atomic E-state index is 13.0. The Hall–Kier alpha value is -2.34. The van der Waals surface area contributed by atoms with Gasteiger partial charge in [0.15, 0.2) is 0 Å². The van der Waals surface area contributed by atoms with E-state index >= 15 is 0 Å². The van der Waals surface area contributed by atoms with Gasteiger partial charge in [-0.2, -0.15) is 0 Å². The molecule has 1 aromatic heterocycles. The Bertz CT molecular complexity index is 836. The number of amides is 1. The molecule has 0 saturated carbocycles. The topological polar surface area (TPSA) is 72.5 Å². The molecule has 1 spiro atoms. The third kappa shape index (κ3) is 3.02. The molecule has 1 fully saturated rings. The van der Waals surface area contributed by atoms with E-state index in [9.17, 15) is 9.90 Å². The van der Waals surface area contributed by atoms with Crippen LogP contribution >= 0.6 is 0 Å². The lowest BCUT2D eigenvalue weighted by Gasteiger charge is -2.50. The van der Waals surface area contributed by atoms with Crippen LogP contribution in [0.15, 0.2) is 24.5 Å². The van der Waals surface area contributed by atoms with Crippen molar-refractivity contribution in [1.29, 1.82) is 0 Å². The van der Waals surface area contributed by atoms with E-state index in [0.29, 0.717) is 18.7 Å². The molecule has 2 aromatic rings. The van der Waals surface area contributed by atoms with Gasteiger partial charge in [-0.05, 0) is 44.9 Å². The molecule has 144 valence electrons. The van der Waals surface area contributed by atoms with Gasteiger partial charge in [0, 0.05) is 31.7 Å². The molecule has 6 heteroatoms. The van der Waals surface area contributed by atoms with Crippen molar-refractivity contribution in [3.63, 3.8) is 0 Å².